The number of carbonyl (C=O) groups excluding carboxylic acids is 2. The number of hydrogen-bond donors (Lipinski definition) is 2. The molecule has 1 unspecified atom stereocenters. The number of carboxylic acids is 1. The molecule has 1 aliphatic rings. The molecule has 0 aromatic carbocycles. The average molecular weight is 371 g/mol. The lowest BCUT2D eigenvalue weighted by molar-refractivity contribution is -0.139. The smallest absolute Gasteiger partial charge is 0.333 e. The van der Waals surface area contributed by atoms with Gasteiger partial charge in [-0.25, -0.2) is 15.1 Å². The first-order valence-corrected chi connectivity index (χ1v) is 8.02. The average Bonchev–Trinajstić information content (AvgIpc) is 3.41. The molecule has 26 heavy (non-hydrogen) atoms. The lowest BCUT2D eigenvalue weighted by Gasteiger charge is -2.03. The molecule has 148 valence electrons. The van der Waals surface area contributed by atoms with Crippen molar-refractivity contribution in [2.24, 2.45) is 0 Å². The van der Waals surface area contributed by atoms with Gasteiger partial charge in [0.2, 0.25) is 0 Å². The number of aliphatic carboxylic acids is 1. The highest BCUT2D eigenvalue weighted by Gasteiger charge is 2.24. The molecule has 1 rings (SSSR count). The fraction of sp³-hybridized carbons (Fsp3) is 0.500. The van der Waals surface area contributed by atoms with Crippen LogP contribution in [0.3, 0.4) is 0 Å². The van der Waals surface area contributed by atoms with E-state index in [0.29, 0.717) is 31.0 Å². The number of carboxylic acid groups (broad SMARTS) is 1. The maximum Gasteiger partial charge on any atom is 0.333 e. The maximum absolute atomic E-state index is 10.8. The topological polar surface area (TPSA) is 114 Å². The second kappa shape index (κ2) is 16.0. The molecule has 0 aromatic heterocycles. The van der Waals surface area contributed by atoms with E-state index in [1.54, 1.807) is 13.8 Å². The van der Waals surface area contributed by atoms with Crippen LogP contribution in [0.25, 0.3) is 0 Å². The molecule has 1 amide bonds. The largest absolute Gasteiger partial charge is 0.478 e. The van der Waals surface area contributed by atoms with Gasteiger partial charge in [0, 0.05) is 17.2 Å². The van der Waals surface area contributed by atoms with Gasteiger partial charge in [0.25, 0.3) is 5.91 Å². The first-order valence-electron chi connectivity index (χ1n) is 8.02. The van der Waals surface area contributed by atoms with E-state index in [-0.39, 0.29) is 18.0 Å². The van der Waals surface area contributed by atoms with Crippen molar-refractivity contribution in [3.63, 3.8) is 0 Å². The van der Waals surface area contributed by atoms with Gasteiger partial charge < -0.3 is 14.6 Å². The van der Waals surface area contributed by atoms with Crippen LogP contribution in [0.4, 0.5) is 0 Å². The monoisotopic (exact) mass is 371 g/mol. The molecule has 1 atom stereocenters. The molecule has 0 bridgehead atoms. The summed E-state index contributed by atoms with van der Waals surface area (Å²) in [5, 5.41) is 7.60. The molecule has 0 radical (unpaired) electrons. The highest BCUT2D eigenvalue weighted by Crippen LogP contribution is 2.09. The van der Waals surface area contributed by atoms with Crippen molar-refractivity contribution in [1.82, 2.24) is 5.48 Å². The van der Waals surface area contributed by atoms with Crippen molar-refractivity contribution in [3.05, 3.63) is 37.0 Å². The second-order valence-corrected chi connectivity index (χ2v) is 5.29. The maximum atomic E-state index is 10.8. The summed E-state index contributed by atoms with van der Waals surface area (Å²) in [5.74, 6) is -1.57. The van der Waals surface area contributed by atoms with Crippen molar-refractivity contribution in [2.45, 2.75) is 39.7 Å². The molecule has 2 N–H and O–H groups in total. The van der Waals surface area contributed by atoms with Gasteiger partial charge in [-0.05, 0) is 20.3 Å². The number of hydrogen-bond acceptors (Lipinski definition) is 6. The lowest BCUT2D eigenvalue weighted by Crippen LogP contribution is -2.24. The Morgan fingerprint density at radius 3 is 2.15 bits per heavy atom. The molecule has 0 saturated carbocycles. The molecule has 1 heterocycles. The summed E-state index contributed by atoms with van der Waals surface area (Å²) in [6.07, 6.45) is 2.99. The van der Waals surface area contributed by atoms with Crippen LogP contribution >= 0.6 is 0 Å². The minimum atomic E-state index is -0.981. The molecule has 0 aromatic rings. The Labute approximate surface area is 154 Å². The summed E-state index contributed by atoms with van der Waals surface area (Å²) in [6, 6.07) is 0. The molecule has 1 aliphatic heterocycles. The SMILES string of the molecule is C=C(C)C(=O)NOCCCC.C=C(C)C(=O)OCC1CO1.C=CC(=O)O. The molecular weight excluding hydrogens is 342 g/mol. The number of epoxide rings is 1. The molecular formula is C18H29NO7. The molecule has 8 heteroatoms. The Morgan fingerprint density at radius 2 is 1.81 bits per heavy atom. The predicted octanol–water partition coefficient (Wildman–Crippen LogP) is 2.17. The quantitative estimate of drug-likeness (QED) is 0.210. The van der Waals surface area contributed by atoms with E-state index in [0.717, 1.165) is 18.9 Å². The number of esters is 1. The van der Waals surface area contributed by atoms with E-state index in [9.17, 15) is 14.4 Å². The van der Waals surface area contributed by atoms with Gasteiger partial charge >= 0.3 is 11.9 Å². The summed E-state index contributed by atoms with van der Waals surface area (Å²) < 4.78 is 9.60. The van der Waals surface area contributed by atoms with Gasteiger partial charge in [-0.2, -0.15) is 0 Å². The Kier molecular flexibility index (Phi) is 15.9. The Bertz CT molecular complexity index is 496. The van der Waals surface area contributed by atoms with Crippen LogP contribution in [0.1, 0.15) is 33.6 Å². The second-order valence-electron chi connectivity index (χ2n) is 5.29. The van der Waals surface area contributed by atoms with Gasteiger partial charge in [0.15, 0.2) is 0 Å². The third-order valence-electron chi connectivity index (χ3n) is 2.48. The normalized spacial score (nSPS) is 13.6. The third-order valence-corrected chi connectivity index (χ3v) is 2.48. The summed E-state index contributed by atoms with van der Waals surface area (Å²) in [7, 11) is 0. The van der Waals surface area contributed by atoms with Gasteiger partial charge in [-0.1, -0.05) is 33.1 Å². The van der Waals surface area contributed by atoms with Gasteiger partial charge in [0.1, 0.15) is 12.7 Å². The number of ether oxygens (including phenoxy) is 2. The van der Waals surface area contributed by atoms with Crippen LogP contribution in [-0.4, -0.2) is 48.9 Å². The number of rotatable bonds is 9. The fourth-order valence-corrected chi connectivity index (χ4v) is 0.876. The van der Waals surface area contributed by atoms with Gasteiger partial charge in [0.05, 0.1) is 13.2 Å². The summed E-state index contributed by atoms with van der Waals surface area (Å²) >= 11 is 0. The van der Waals surface area contributed by atoms with E-state index < -0.39 is 5.97 Å². The van der Waals surface area contributed by atoms with E-state index in [2.05, 4.69) is 32.1 Å². The van der Waals surface area contributed by atoms with Gasteiger partial charge in [-0.3, -0.25) is 9.63 Å². The molecule has 0 aliphatic carbocycles. The van der Waals surface area contributed by atoms with E-state index in [1.165, 1.54) is 0 Å². The summed E-state index contributed by atoms with van der Waals surface area (Å²) in [5.41, 5.74) is 3.17. The minimum Gasteiger partial charge on any atom is -0.478 e. The highest BCUT2D eigenvalue weighted by atomic mass is 16.6. The van der Waals surface area contributed by atoms with Crippen molar-refractivity contribution >= 4 is 17.8 Å². The lowest BCUT2D eigenvalue weighted by atomic mass is 10.3. The zero-order valence-electron chi connectivity index (χ0n) is 15.7. The standard InChI is InChI=1S/C8H15NO2.C7H10O3.C3H4O2/c1-4-5-6-11-9-8(10)7(2)3;1-5(2)7(8)10-4-6-3-9-6;1-2-3(4)5/h2,4-6H2,1,3H3,(H,9,10);6H,1,3-4H2,2H3;2H,1H2,(H,4,5). The Balaban J connectivity index is 0. The van der Waals surface area contributed by atoms with E-state index >= 15 is 0 Å². The number of amides is 1. The van der Waals surface area contributed by atoms with Crippen molar-refractivity contribution in [1.29, 1.82) is 0 Å². The molecule has 1 saturated heterocycles. The molecule has 1 fully saturated rings. The van der Waals surface area contributed by atoms with E-state index in [4.69, 9.17) is 19.4 Å². The Morgan fingerprint density at radius 1 is 1.27 bits per heavy atom. The number of carbonyl (C=O) groups is 3. The number of unbranched alkanes of at least 4 members (excludes halogenated alkanes) is 1. The number of nitrogens with one attached hydrogen (secondary N) is 1. The molecule has 8 nitrogen and oxygen atoms in total. The first-order chi connectivity index (χ1) is 12.1. The van der Waals surface area contributed by atoms with E-state index in [1.807, 2.05) is 0 Å². The van der Waals surface area contributed by atoms with Crippen LogP contribution in [0.15, 0.2) is 37.0 Å². The van der Waals surface area contributed by atoms with Crippen LogP contribution in [0, 0.1) is 0 Å². The van der Waals surface area contributed by atoms with Crippen molar-refractivity contribution < 1.29 is 33.8 Å². The summed E-state index contributed by atoms with van der Waals surface area (Å²) in [4.78, 5) is 35.6. The first kappa shape index (κ1) is 25.8. The van der Waals surface area contributed by atoms with Crippen LogP contribution < -0.4 is 5.48 Å². The van der Waals surface area contributed by atoms with Crippen LogP contribution in [0.5, 0.6) is 0 Å². The van der Waals surface area contributed by atoms with Gasteiger partial charge in [-0.15, -0.1) is 0 Å². The zero-order valence-corrected chi connectivity index (χ0v) is 15.7. The molecule has 0 spiro atoms. The fourth-order valence-electron chi connectivity index (χ4n) is 0.876. The third kappa shape index (κ3) is 19.6. The van der Waals surface area contributed by atoms with Crippen LogP contribution in [0.2, 0.25) is 0 Å². The van der Waals surface area contributed by atoms with Crippen molar-refractivity contribution in [2.75, 3.05) is 19.8 Å². The minimum absolute atomic E-state index is 0.142. The number of hydroxylamine groups is 1. The van der Waals surface area contributed by atoms with Crippen molar-refractivity contribution in [3.8, 4) is 0 Å². The zero-order chi connectivity index (χ0) is 20.5. The van der Waals surface area contributed by atoms with Crippen LogP contribution in [-0.2, 0) is 28.7 Å². The highest BCUT2D eigenvalue weighted by molar-refractivity contribution is 5.91. The summed E-state index contributed by atoms with van der Waals surface area (Å²) in [6.45, 7) is 16.8. The predicted molar refractivity (Wildman–Crippen MR) is 97.2 cm³/mol. The Hall–Kier alpha value is -2.45.